The number of halogens is 1. The first-order chi connectivity index (χ1) is 7.89. The van der Waals surface area contributed by atoms with Gasteiger partial charge in [-0.25, -0.2) is 4.79 Å². The van der Waals surface area contributed by atoms with Gasteiger partial charge in [0, 0.05) is 5.38 Å². The van der Waals surface area contributed by atoms with Crippen molar-refractivity contribution in [2.75, 3.05) is 12.9 Å². The van der Waals surface area contributed by atoms with E-state index in [0.717, 1.165) is 11.3 Å². The number of thiophene rings is 1. The molecule has 0 aliphatic carbocycles. The first-order valence-corrected chi connectivity index (χ1v) is 8.69. The van der Waals surface area contributed by atoms with E-state index in [9.17, 15) is 13.2 Å². The molecule has 17 heavy (non-hydrogen) atoms. The number of hydrogen-bond donors (Lipinski definition) is 0. The molecule has 0 aromatic carbocycles. The molecule has 9 heteroatoms. The van der Waals surface area contributed by atoms with Crippen LogP contribution in [0.3, 0.4) is 0 Å². The molecule has 5 nitrogen and oxygen atoms in total. The van der Waals surface area contributed by atoms with E-state index in [1.165, 1.54) is 11.8 Å². The van der Waals surface area contributed by atoms with Gasteiger partial charge in [0.05, 0.1) is 22.2 Å². The van der Waals surface area contributed by atoms with Gasteiger partial charge in [0.25, 0.3) is 0 Å². The highest BCUT2D eigenvalue weighted by Crippen LogP contribution is 2.38. The zero-order valence-corrected chi connectivity index (χ0v) is 12.1. The smallest absolute Gasteiger partial charge is 0.401 e. The van der Waals surface area contributed by atoms with Crippen LogP contribution in [0.25, 0.3) is 0 Å². The molecule has 0 amide bonds. The summed E-state index contributed by atoms with van der Waals surface area (Å²) in [6, 6.07) is 0. The van der Waals surface area contributed by atoms with Crippen LogP contribution >= 0.6 is 33.8 Å². The molecule has 0 N–H and O–H groups in total. The van der Waals surface area contributed by atoms with E-state index in [4.69, 9.17) is 15.4 Å². The summed E-state index contributed by atoms with van der Waals surface area (Å²) in [6.07, 6.45) is 1.73. The second-order valence-corrected chi connectivity index (χ2v) is 6.47. The lowest BCUT2D eigenvalue weighted by Gasteiger charge is -2.04. The van der Waals surface area contributed by atoms with Crippen molar-refractivity contribution in [1.29, 1.82) is 0 Å². The highest BCUT2D eigenvalue weighted by atomic mass is 35.7. The molecule has 0 unspecified atom stereocenters. The molecule has 0 aliphatic rings. The van der Waals surface area contributed by atoms with Gasteiger partial charge in [-0.3, -0.25) is 0 Å². The highest BCUT2D eigenvalue weighted by molar-refractivity contribution is 8.10. The molecule has 1 rings (SSSR count). The van der Waals surface area contributed by atoms with E-state index in [-0.39, 0.29) is 17.2 Å². The maximum absolute atomic E-state index is 11.5. The van der Waals surface area contributed by atoms with Crippen LogP contribution in [0, 0.1) is 0 Å². The molecule has 0 atom stereocenters. The molecule has 0 saturated carbocycles. The van der Waals surface area contributed by atoms with Crippen LogP contribution in [0.2, 0.25) is 0 Å². The molecule has 1 aromatic heterocycles. The van der Waals surface area contributed by atoms with Crippen LogP contribution in [-0.2, 0) is 14.1 Å². The van der Waals surface area contributed by atoms with E-state index in [2.05, 4.69) is 4.18 Å². The minimum absolute atomic E-state index is 0.0732. The van der Waals surface area contributed by atoms with Gasteiger partial charge in [0.15, 0.2) is 10.6 Å². The molecule has 0 fully saturated rings. The van der Waals surface area contributed by atoms with Crippen molar-refractivity contribution < 1.29 is 22.1 Å². The van der Waals surface area contributed by atoms with Crippen molar-refractivity contribution >= 4 is 49.1 Å². The zero-order chi connectivity index (χ0) is 13.1. The summed E-state index contributed by atoms with van der Waals surface area (Å²) in [5, 5.41) is 1.61. The molecule has 1 aromatic rings. The number of carbonyl (C=O) groups is 1. The Bertz CT molecular complexity index is 507. The van der Waals surface area contributed by atoms with Gasteiger partial charge < -0.3 is 8.92 Å². The maximum Gasteiger partial charge on any atom is 0.401 e. The van der Waals surface area contributed by atoms with E-state index in [1.54, 1.807) is 18.6 Å². The van der Waals surface area contributed by atoms with E-state index in [1.807, 2.05) is 0 Å². The normalized spacial score (nSPS) is 11.2. The minimum atomic E-state index is -4.19. The quantitative estimate of drug-likeness (QED) is 0.472. The Kier molecular flexibility index (Phi) is 5.11. The average molecular weight is 317 g/mol. The van der Waals surface area contributed by atoms with Crippen LogP contribution in [0.1, 0.15) is 16.6 Å². The Morgan fingerprint density at radius 2 is 2.24 bits per heavy atom. The summed E-state index contributed by atoms with van der Waals surface area (Å²) < 4.78 is 31.1. The standard InChI is InChI=1S/C8H9ClO5S3/c1-3-13-8(10)7-6(14-17(9,11)12)5(15-2)4-16-7/h4H,3H2,1-2H3. The lowest BCUT2D eigenvalue weighted by molar-refractivity contribution is 0.0530. The molecular formula is C8H9ClO5S3. The van der Waals surface area contributed by atoms with Gasteiger partial charge >= 0.3 is 15.3 Å². The molecular weight excluding hydrogens is 308 g/mol. The van der Waals surface area contributed by atoms with Crippen molar-refractivity contribution in [3.05, 3.63) is 10.3 Å². The number of carbonyl (C=O) groups excluding carboxylic acids is 1. The molecule has 0 spiro atoms. The Morgan fingerprint density at radius 1 is 1.59 bits per heavy atom. The van der Waals surface area contributed by atoms with Gasteiger partial charge in [-0.1, -0.05) is 0 Å². The predicted octanol–water partition coefficient (Wildman–Crippen LogP) is 2.51. The van der Waals surface area contributed by atoms with E-state index >= 15 is 0 Å². The van der Waals surface area contributed by atoms with Crippen LogP contribution in [0.15, 0.2) is 10.3 Å². The van der Waals surface area contributed by atoms with E-state index < -0.39 is 15.3 Å². The van der Waals surface area contributed by atoms with Gasteiger partial charge in [-0.05, 0) is 13.2 Å². The Balaban J connectivity index is 3.14. The van der Waals surface area contributed by atoms with Crippen molar-refractivity contribution in [2.45, 2.75) is 11.8 Å². The molecule has 96 valence electrons. The SMILES string of the molecule is CCOC(=O)c1scc(SC)c1OS(=O)(=O)Cl. The first-order valence-electron chi connectivity index (χ1n) is 4.35. The van der Waals surface area contributed by atoms with Crippen molar-refractivity contribution in [3.63, 3.8) is 0 Å². The third-order valence-corrected chi connectivity index (χ3v) is 3.97. The third kappa shape index (κ3) is 4.06. The van der Waals surface area contributed by atoms with E-state index in [0.29, 0.717) is 4.90 Å². The molecule has 0 radical (unpaired) electrons. The Morgan fingerprint density at radius 3 is 2.71 bits per heavy atom. The zero-order valence-electron chi connectivity index (χ0n) is 8.93. The van der Waals surface area contributed by atoms with Gasteiger partial charge in [0.2, 0.25) is 0 Å². The van der Waals surface area contributed by atoms with Gasteiger partial charge in [0.1, 0.15) is 0 Å². The number of esters is 1. The maximum atomic E-state index is 11.5. The second kappa shape index (κ2) is 5.94. The highest BCUT2D eigenvalue weighted by Gasteiger charge is 2.24. The lowest BCUT2D eigenvalue weighted by Crippen LogP contribution is -2.07. The molecule has 1 heterocycles. The fraction of sp³-hybridized carbons (Fsp3) is 0.375. The Labute approximate surface area is 112 Å². The summed E-state index contributed by atoms with van der Waals surface area (Å²) in [5.41, 5.74) is 0. The van der Waals surface area contributed by atoms with Crippen LogP contribution < -0.4 is 4.18 Å². The summed E-state index contributed by atoms with van der Waals surface area (Å²) in [4.78, 5) is 12.1. The third-order valence-electron chi connectivity index (χ3n) is 1.58. The fourth-order valence-electron chi connectivity index (χ4n) is 0.988. The fourth-order valence-corrected chi connectivity index (χ4v) is 3.32. The van der Waals surface area contributed by atoms with Gasteiger partial charge in [-0.15, -0.1) is 23.1 Å². The average Bonchev–Trinajstić information content (AvgIpc) is 2.58. The molecule has 0 aliphatic heterocycles. The minimum Gasteiger partial charge on any atom is -0.462 e. The topological polar surface area (TPSA) is 69.7 Å². The number of thioether (sulfide) groups is 1. The predicted molar refractivity (Wildman–Crippen MR) is 67.5 cm³/mol. The number of rotatable bonds is 5. The number of hydrogen-bond acceptors (Lipinski definition) is 7. The van der Waals surface area contributed by atoms with Crippen LogP contribution in [0.5, 0.6) is 5.75 Å². The van der Waals surface area contributed by atoms with Crippen LogP contribution in [0.4, 0.5) is 0 Å². The van der Waals surface area contributed by atoms with Crippen molar-refractivity contribution in [2.24, 2.45) is 0 Å². The lowest BCUT2D eigenvalue weighted by atomic mass is 10.4. The summed E-state index contributed by atoms with van der Waals surface area (Å²) in [5.74, 6) is -0.705. The number of ether oxygens (including phenoxy) is 1. The summed E-state index contributed by atoms with van der Waals surface area (Å²) >= 11 is 2.29. The monoisotopic (exact) mass is 316 g/mol. The first kappa shape index (κ1) is 14.6. The molecule has 0 bridgehead atoms. The summed E-state index contributed by atoms with van der Waals surface area (Å²) in [6.45, 7) is 1.85. The second-order valence-electron chi connectivity index (χ2n) is 2.66. The van der Waals surface area contributed by atoms with Crippen LogP contribution in [-0.4, -0.2) is 27.2 Å². The van der Waals surface area contributed by atoms with Crippen molar-refractivity contribution in [1.82, 2.24) is 0 Å². The summed E-state index contributed by atoms with van der Waals surface area (Å²) in [7, 11) is 0.808. The largest absolute Gasteiger partial charge is 0.462 e. The van der Waals surface area contributed by atoms with Crippen molar-refractivity contribution in [3.8, 4) is 5.75 Å². The Hall–Kier alpha value is -0.440. The van der Waals surface area contributed by atoms with Gasteiger partial charge in [-0.2, -0.15) is 8.42 Å². The molecule has 0 saturated heterocycles.